The zero-order chi connectivity index (χ0) is 17.4. The van der Waals surface area contributed by atoms with E-state index in [0.717, 1.165) is 11.3 Å². The largest absolute Gasteiger partial charge is 0.367 e. The molecule has 0 spiro atoms. The number of benzene rings is 1. The van der Waals surface area contributed by atoms with E-state index in [4.69, 9.17) is 5.14 Å². The number of para-hydroxylation sites is 1. The van der Waals surface area contributed by atoms with Crippen LogP contribution in [0.2, 0.25) is 0 Å². The van der Waals surface area contributed by atoms with Gasteiger partial charge in [-0.1, -0.05) is 12.1 Å². The number of nitrogens with zero attached hydrogens (tertiary/aromatic N) is 5. The number of nitrogens with two attached hydrogens (primary N) is 1. The highest BCUT2D eigenvalue weighted by Crippen LogP contribution is 2.27. The molecule has 0 amide bonds. The number of fused-ring (bicyclic) bond motifs is 1. The second-order valence-electron chi connectivity index (χ2n) is 5.79. The van der Waals surface area contributed by atoms with Gasteiger partial charge in [0.1, 0.15) is 16.7 Å². The summed E-state index contributed by atoms with van der Waals surface area (Å²) in [6.45, 7) is 2.71. The van der Waals surface area contributed by atoms with E-state index in [-0.39, 0.29) is 4.90 Å². The number of H-pyrrole nitrogens is 1. The Balaban J connectivity index is 1.58. The van der Waals surface area contributed by atoms with Crippen LogP contribution in [-0.2, 0) is 10.0 Å². The Hall–Kier alpha value is -2.72. The summed E-state index contributed by atoms with van der Waals surface area (Å²) in [5.41, 5.74) is 2.08. The maximum Gasteiger partial charge on any atom is 0.240 e. The van der Waals surface area contributed by atoms with Crippen LogP contribution in [0, 0.1) is 0 Å². The summed E-state index contributed by atoms with van der Waals surface area (Å²) in [5.74, 6) is 0.807. The Bertz CT molecular complexity index is 1010. The van der Waals surface area contributed by atoms with Crippen molar-refractivity contribution in [1.82, 2.24) is 19.9 Å². The molecule has 3 aromatic rings. The summed E-state index contributed by atoms with van der Waals surface area (Å²) in [4.78, 5) is 20.0. The Morgan fingerprint density at radius 3 is 2.48 bits per heavy atom. The molecule has 0 atom stereocenters. The highest BCUT2D eigenvalue weighted by Gasteiger charge is 2.24. The first kappa shape index (κ1) is 15.8. The quantitative estimate of drug-likeness (QED) is 0.691. The van der Waals surface area contributed by atoms with E-state index < -0.39 is 10.0 Å². The molecule has 3 N–H and O–H groups in total. The molecular weight excluding hydrogens is 342 g/mol. The highest BCUT2D eigenvalue weighted by molar-refractivity contribution is 7.89. The third kappa shape index (κ3) is 2.89. The maximum atomic E-state index is 11.8. The van der Waals surface area contributed by atoms with E-state index >= 15 is 0 Å². The van der Waals surface area contributed by atoms with E-state index in [1.54, 1.807) is 18.5 Å². The van der Waals surface area contributed by atoms with Gasteiger partial charge < -0.3 is 14.8 Å². The zero-order valence-corrected chi connectivity index (χ0v) is 14.1. The fourth-order valence-electron chi connectivity index (χ4n) is 3.11. The lowest BCUT2D eigenvalue weighted by Crippen LogP contribution is -2.47. The number of nitrogens with one attached hydrogen (secondary N) is 1. The molecule has 0 unspecified atom stereocenters. The number of aromatic amines is 1. The number of rotatable bonds is 3. The minimum Gasteiger partial charge on any atom is -0.367 e. The number of imidazole rings is 1. The molecule has 2 aromatic heterocycles. The fourth-order valence-corrected chi connectivity index (χ4v) is 3.87. The van der Waals surface area contributed by atoms with Crippen LogP contribution in [0.25, 0.3) is 11.2 Å². The van der Waals surface area contributed by atoms with Crippen LogP contribution >= 0.6 is 0 Å². The third-order valence-corrected chi connectivity index (χ3v) is 5.25. The van der Waals surface area contributed by atoms with Gasteiger partial charge in [-0.3, -0.25) is 0 Å². The van der Waals surface area contributed by atoms with Gasteiger partial charge in [-0.15, -0.1) is 0 Å². The third-order valence-electron chi connectivity index (χ3n) is 4.29. The van der Waals surface area contributed by atoms with Crippen LogP contribution in [0.15, 0.2) is 41.8 Å². The van der Waals surface area contributed by atoms with Crippen LogP contribution in [0.5, 0.6) is 0 Å². The van der Waals surface area contributed by atoms with Crippen LogP contribution in [0.1, 0.15) is 0 Å². The predicted octanol–water partition coefficient (Wildman–Crippen LogP) is 0.327. The van der Waals surface area contributed by atoms with Crippen molar-refractivity contribution in [2.75, 3.05) is 36.0 Å². The molecule has 1 fully saturated rings. The van der Waals surface area contributed by atoms with E-state index in [9.17, 15) is 8.42 Å². The molecule has 0 radical (unpaired) electrons. The average molecular weight is 359 g/mol. The Morgan fingerprint density at radius 2 is 1.72 bits per heavy atom. The molecule has 1 aliphatic rings. The lowest BCUT2D eigenvalue weighted by molar-refractivity contribution is 0.595. The molecule has 1 aliphatic heterocycles. The van der Waals surface area contributed by atoms with Crippen LogP contribution in [-0.4, -0.2) is 54.5 Å². The van der Waals surface area contributed by atoms with Crippen molar-refractivity contribution in [1.29, 1.82) is 0 Å². The van der Waals surface area contributed by atoms with Crippen LogP contribution < -0.4 is 14.9 Å². The van der Waals surface area contributed by atoms with Gasteiger partial charge in [0.15, 0.2) is 11.5 Å². The number of anilines is 2. The van der Waals surface area contributed by atoms with E-state index in [1.807, 2.05) is 11.0 Å². The van der Waals surface area contributed by atoms with Crippen molar-refractivity contribution in [2.24, 2.45) is 5.14 Å². The van der Waals surface area contributed by atoms with Crippen molar-refractivity contribution in [3.05, 3.63) is 36.9 Å². The van der Waals surface area contributed by atoms with Crippen molar-refractivity contribution in [3.8, 4) is 0 Å². The van der Waals surface area contributed by atoms with Crippen molar-refractivity contribution in [2.45, 2.75) is 4.90 Å². The molecule has 4 rings (SSSR count). The van der Waals surface area contributed by atoms with Crippen LogP contribution in [0.3, 0.4) is 0 Å². The number of piperazine rings is 1. The molecular formula is C15H17N7O2S. The van der Waals surface area contributed by atoms with Crippen molar-refractivity contribution in [3.63, 3.8) is 0 Å². The number of hydrogen-bond donors (Lipinski definition) is 2. The molecule has 130 valence electrons. The fraction of sp³-hybridized carbons (Fsp3) is 0.267. The Kier molecular flexibility index (Phi) is 3.77. The molecule has 10 heteroatoms. The summed E-state index contributed by atoms with van der Waals surface area (Å²) < 4.78 is 23.6. The highest BCUT2D eigenvalue weighted by atomic mass is 32.2. The standard InChI is InChI=1S/C15H17N7O2S/c16-25(23,24)12-4-2-1-3-11(12)21-5-7-22(8-6-21)15-13-14(18-9-17-13)19-10-20-15/h1-4,9-10H,5-8H2,(H2,16,23,24)(H,17,18,19,20). The van der Waals surface area contributed by atoms with E-state index in [1.165, 1.54) is 12.4 Å². The lowest BCUT2D eigenvalue weighted by Gasteiger charge is -2.37. The van der Waals surface area contributed by atoms with Crippen molar-refractivity contribution < 1.29 is 8.42 Å². The minimum absolute atomic E-state index is 0.154. The zero-order valence-electron chi connectivity index (χ0n) is 13.3. The van der Waals surface area contributed by atoms with E-state index in [0.29, 0.717) is 37.5 Å². The number of sulfonamides is 1. The Morgan fingerprint density at radius 1 is 1.00 bits per heavy atom. The summed E-state index contributed by atoms with van der Waals surface area (Å²) in [7, 11) is -3.76. The Labute approximate surface area is 144 Å². The van der Waals surface area contributed by atoms with Gasteiger partial charge in [-0.2, -0.15) is 0 Å². The summed E-state index contributed by atoms with van der Waals surface area (Å²) in [6, 6.07) is 6.81. The topological polar surface area (TPSA) is 121 Å². The van der Waals surface area contributed by atoms with Gasteiger partial charge in [-0.25, -0.2) is 28.5 Å². The van der Waals surface area contributed by atoms with Gasteiger partial charge in [-0.05, 0) is 12.1 Å². The SMILES string of the molecule is NS(=O)(=O)c1ccccc1N1CCN(c2ncnc3nc[nH]c23)CC1. The summed E-state index contributed by atoms with van der Waals surface area (Å²) in [6.07, 6.45) is 3.10. The summed E-state index contributed by atoms with van der Waals surface area (Å²) >= 11 is 0. The smallest absolute Gasteiger partial charge is 0.240 e. The van der Waals surface area contributed by atoms with Gasteiger partial charge in [0.25, 0.3) is 0 Å². The van der Waals surface area contributed by atoms with Crippen molar-refractivity contribution >= 4 is 32.7 Å². The molecule has 25 heavy (non-hydrogen) atoms. The van der Waals surface area contributed by atoms with Gasteiger partial charge in [0.2, 0.25) is 10.0 Å². The molecule has 3 heterocycles. The molecule has 9 nitrogen and oxygen atoms in total. The normalized spacial score (nSPS) is 15.7. The number of hydrogen-bond acceptors (Lipinski definition) is 7. The first-order chi connectivity index (χ1) is 12.0. The summed E-state index contributed by atoms with van der Waals surface area (Å²) in [5, 5.41) is 5.34. The molecule has 0 aliphatic carbocycles. The predicted molar refractivity (Wildman–Crippen MR) is 93.9 cm³/mol. The van der Waals surface area contributed by atoms with E-state index in [2.05, 4.69) is 24.8 Å². The molecule has 0 bridgehead atoms. The van der Waals surface area contributed by atoms with Crippen LogP contribution in [0.4, 0.5) is 11.5 Å². The second kappa shape index (κ2) is 5.97. The first-order valence-corrected chi connectivity index (χ1v) is 9.34. The number of primary sulfonamides is 1. The second-order valence-corrected chi connectivity index (χ2v) is 7.32. The lowest BCUT2D eigenvalue weighted by atomic mass is 10.2. The first-order valence-electron chi connectivity index (χ1n) is 7.80. The maximum absolute atomic E-state index is 11.8. The monoisotopic (exact) mass is 359 g/mol. The average Bonchev–Trinajstić information content (AvgIpc) is 3.10. The van der Waals surface area contributed by atoms with Gasteiger partial charge >= 0.3 is 0 Å². The van der Waals surface area contributed by atoms with Gasteiger partial charge in [0, 0.05) is 26.2 Å². The minimum atomic E-state index is -3.76. The van der Waals surface area contributed by atoms with Gasteiger partial charge in [0.05, 0.1) is 12.0 Å². The molecule has 1 saturated heterocycles. The number of aromatic nitrogens is 4. The molecule has 0 saturated carbocycles. The molecule has 1 aromatic carbocycles.